The molecule has 0 radical (unpaired) electrons. The summed E-state index contributed by atoms with van der Waals surface area (Å²) in [6, 6.07) is 9.67. The van der Waals surface area contributed by atoms with Gasteiger partial charge >= 0.3 is 5.24 Å². The third-order valence-electron chi connectivity index (χ3n) is 10.2. The summed E-state index contributed by atoms with van der Waals surface area (Å²) in [6.07, 6.45) is 11.1. The van der Waals surface area contributed by atoms with Gasteiger partial charge in [0.1, 0.15) is 11.9 Å². The molecule has 4 aliphatic carbocycles. The van der Waals surface area contributed by atoms with Crippen LogP contribution in [0.25, 0.3) is 0 Å². The Labute approximate surface area is 215 Å². The van der Waals surface area contributed by atoms with E-state index in [-0.39, 0.29) is 29.0 Å². The summed E-state index contributed by atoms with van der Waals surface area (Å²) >= 11 is 5.48. The Morgan fingerprint density at radius 2 is 1.77 bits per heavy atom. The monoisotopic (exact) mass is 496 g/mol. The van der Waals surface area contributed by atoms with Gasteiger partial charge < -0.3 is 18.9 Å². The predicted molar refractivity (Wildman–Crippen MR) is 140 cm³/mol. The molecule has 6 rings (SSSR count). The van der Waals surface area contributed by atoms with Crippen LogP contribution in [0.5, 0.6) is 5.75 Å². The minimum Gasteiger partial charge on any atom is -0.453 e. The van der Waals surface area contributed by atoms with Crippen LogP contribution in [0.1, 0.15) is 72.6 Å². The van der Waals surface area contributed by atoms with Crippen LogP contribution in [0.2, 0.25) is 0 Å². The summed E-state index contributed by atoms with van der Waals surface area (Å²) in [5.74, 6) is 3.39. The molecule has 1 heterocycles. The third-order valence-corrected chi connectivity index (χ3v) is 10.4. The van der Waals surface area contributed by atoms with Gasteiger partial charge in [-0.2, -0.15) is 0 Å². The molecule has 5 heteroatoms. The molecule has 0 N–H and O–H groups in total. The van der Waals surface area contributed by atoms with Crippen LogP contribution in [0.4, 0.5) is 0 Å². The molecule has 0 aromatic heterocycles. The van der Waals surface area contributed by atoms with Gasteiger partial charge in [0.05, 0.1) is 12.2 Å². The number of ether oxygens (including phenoxy) is 4. The van der Waals surface area contributed by atoms with Crippen molar-refractivity contribution in [3.05, 3.63) is 42.0 Å². The van der Waals surface area contributed by atoms with E-state index in [2.05, 4.69) is 33.8 Å². The van der Waals surface area contributed by atoms with Crippen molar-refractivity contribution < 1.29 is 18.9 Å². The van der Waals surface area contributed by atoms with Crippen LogP contribution in [0, 0.1) is 35.0 Å². The standard InChI is InChI=1S/C30H40O4S/c1-5-18-11-12-22-21(18)13-14-23-25(22)27-26(33-29(2,3)34-27)24-17-20(15-16-30(23,24)4)32-28(35)31-19-9-7-6-8-10-19/h5-10,20-27H,11-17H2,1-4H3/b18-5-/t20-,21?,22?,23?,24?,25?,26+,27+,30+/m0/s1. The number of rotatable bonds is 2. The fraction of sp³-hybridized carbons (Fsp3) is 0.700. The number of hydrogen-bond donors (Lipinski definition) is 0. The molecule has 5 fully saturated rings. The predicted octanol–water partition coefficient (Wildman–Crippen LogP) is 7.07. The molecule has 1 saturated heterocycles. The zero-order valence-corrected chi connectivity index (χ0v) is 22.4. The van der Waals surface area contributed by atoms with Gasteiger partial charge in [0, 0.05) is 12.2 Å². The van der Waals surface area contributed by atoms with E-state index in [4.69, 9.17) is 31.2 Å². The van der Waals surface area contributed by atoms with Crippen LogP contribution in [0.15, 0.2) is 42.0 Å². The van der Waals surface area contributed by atoms with Crippen molar-refractivity contribution in [3.8, 4) is 5.75 Å². The Morgan fingerprint density at radius 3 is 2.54 bits per heavy atom. The lowest BCUT2D eigenvalue weighted by atomic mass is 9.45. The molecule has 190 valence electrons. The van der Waals surface area contributed by atoms with Crippen LogP contribution >= 0.6 is 12.2 Å². The molecular weight excluding hydrogens is 456 g/mol. The van der Waals surface area contributed by atoms with Crippen molar-refractivity contribution in [2.75, 3.05) is 0 Å². The van der Waals surface area contributed by atoms with Crippen LogP contribution < -0.4 is 4.74 Å². The van der Waals surface area contributed by atoms with E-state index in [9.17, 15) is 0 Å². The number of allylic oxidation sites excluding steroid dienone is 2. The first-order valence-corrected chi connectivity index (χ1v) is 14.1. The smallest absolute Gasteiger partial charge is 0.358 e. The van der Waals surface area contributed by atoms with Crippen molar-refractivity contribution in [3.63, 3.8) is 0 Å². The summed E-state index contributed by atoms with van der Waals surface area (Å²) in [5, 5.41) is 0.226. The van der Waals surface area contributed by atoms with E-state index in [1.165, 1.54) is 25.7 Å². The Balaban J connectivity index is 1.24. The van der Waals surface area contributed by atoms with Crippen LogP contribution in [-0.2, 0) is 14.2 Å². The first-order chi connectivity index (χ1) is 16.8. The molecule has 9 atom stereocenters. The second-order valence-electron chi connectivity index (χ2n) is 12.3. The molecule has 5 unspecified atom stereocenters. The minimum absolute atomic E-state index is 0.0613. The average molecular weight is 497 g/mol. The Hall–Kier alpha value is -1.43. The highest BCUT2D eigenvalue weighted by molar-refractivity contribution is 7.79. The van der Waals surface area contributed by atoms with E-state index in [0.717, 1.165) is 36.8 Å². The van der Waals surface area contributed by atoms with Crippen molar-refractivity contribution in [2.24, 2.45) is 35.0 Å². The van der Waals surface area contributed by atoms with Crippen molar-refractivity contribution in [2.45, 2.75) is 96.7 Å². The fourth-order valence-electron chi connectivity index (χ4n) is 8.88. The highest BCUT2D eigenvalue weighted by atomic mass is 32.1. The molecule has 1 aromatic rings. The number of benzene rings is 1. The topological polar surface area (TPSA) is 36.9 Å². The minimum atomic E-state index is -0.528. The quantitative estimate of drug-likeness (QED) is 0.323. The Kier molecular flexibility index (Phi) is 6.05. The Bertz CT molecular complexity index is 989. The van der Waals surface area contributed by atoms with Crippen molar-refractivity contribution in [1.29, 1.82) is 0 Å². The van der Waals surface area contributed by atoms with Gasteiger partial charge in [-0.3, -0.25) is 0 Å². The third kappa shape index (κ3) is 4.06. The summed E-state index contributed by atoms with van der Waals surface area (Å²) in [4.78, 5) is 0. The molecule has 0 spiro atoms. The molecular formula is C30H40O4S. The summed E-state index contributed by atoms with van der Waals surface area (Å²) in [6.45, 7) is 8.99. The summed E-state index contributed by atoms with van der Waals surface area (Å²) < 4.78 is 25.5. The van der Waals surface area contributed by atoms with Crippen molar-refractivity contribution in [1.82, 2.24) is 0 Å². The largest absolute Gasteiger partial charge is 0.453 e. The zero-order valence-electron chi connectivity index (χ0n) is 21.6. The maximum Gasteiger partial charge on any atom is 0.358 e. The maximum absolute atomic E-state index is 6.76. The lowest BCUT2D eigenvalue weighted by Crippen LogP contribution is -2.62. The van der Waals surface area contributed by atoms with Gasteiger partial charge in [-0.05, 0) is 113 Å². The summed E-state index contributed by atoms with van der Waals surface area (Å²) in [7, 11) is 0. The molecule has 35 heavy (non-hydrogen) atoms. The lowest BCUT2D eigenvalue weighted by molar-refractivity contribution is -0.173. The van der Waals surface area contributed by atoms with E-state index >= 15 is 0 Å². The highest BCUT2D eigenvalue weighted by Crippen LogP contribution is 2.66. The molecule has 5 aliphatic rings. The van der Waals surface area contributed by atoms with E-state index in [0.29, 0.717) is 17.8 Å². The number of fused-ring (bicyclic) bond motifs is 8. The molecule has 1 aliphatic heterocycles. The number of thiocarbonyl (C=S) groups is 1. The molecule has 4 nitrogen and oxygen atoms in total. The van der Waals surface area contributed by atoms with Gasteiger partial charge in [0.2, 0.25) is 0 Å². The summed E-state index contributed by atoms with van der Waals surface area (Å²) in [5.41, 5.74) is 1.94. The van der Waals surface area contributed by atoms with Crippen LogP contribution in [0.3, 0.4) is 0 Å². The SMILES string of the molecule is C/C=C1/CCC2C1CCC1C2[C@H]2OC(C)(C)O[C@@H]2C2C[C@@H](OC(=S)Oc3ccccc3)CC[C@]12C. The van der Waals surface area contributed by atoms with Gasteiger partial charge in [0.25, 0.3) is 0 Å². The lowest BCUT2D eigenvalue weighted by Gasteiger charge is -2.61. The zero-order chi connectivity index (χ0) is 24.4. The first kappa shape index (κ1) is 23.9. The normalized spacial score (nSPS) is 44.6. The average Bonchev–Trinajstić information content (AvgIpc) is 3.40. The molecule has 0 amide bonds. The Morgan fingerprint density at radius 1 is 1.00 bits per heavy atom. The molecule has 1 aromatic carbocycles. The molecule has 4 saturated carbocycles. The van der Waals surface area contributed by atoms with E-state index in [1.54, 1.807) is 5.57 Å². The van der Waals surface area contributed by atoms with Gasteiger partial charge in [-0.25, -0.2) is 0 Å². The second-order valence-corrected chi connectivity index (χ2v) is 12.6. The van der Waals surface area contributed by atoms with Crippen LogP contribution in [-0.4, -0.2) is 29.3 Å². The fourth-order valence-corrected chi connectivity index (χ4v) is 9.11. The van der Waals surface area contributed by atoms with Gasteiger partial charge in [-0.15, -0.1) is 0 Å². The number of para-hydroxylation sites is 1. The second kappa shape index (κ2) is 8.85. The van der Waals surface area contributed by atoms with Gasteiger partial charge in [-0.1, -0.05) is 36.8 Å². The number of hydrogen-bond acceptors (Lipinski definition) is 5. The molecule has 0 bridgehead atoms. The van der Waals surface area contributed by atoms with Crippen molar-refractivity contribution >= 4 is 17.5 Å². The highest BCUT2D eigenvalue weighted by Gasteiger charge is 2.66. The first-order valence-electron chi connectivity index (χ1n) is 13.7. The maximum atomic E-state index is 6.76. The van der Waals surface area contributed by atoms with E-state index < -0.39 is 5.79 Å². The van der Waals surface area contributed by atoms with E-state index in [1.807, 2.05) is 30.3 Å². The van der Waals surface area contributed by atoms with Gasteiger partial charge in [0.15, 0.2) is 5.79 Å².